The van der Waals surface area contributed by atoms with E-state index < -0.39 is 18.2 Å². The third-order valence-corrected chi connectivity index (χ3v) is 5.28. The highest BCUT2D eigenvalue weighted by atomic mass is 32.1. The van der Waals surface area contributed by atoms with Gasteiger partial charge in [-0.05, 0) is 36.8 Å². The Balaban J connectivity index is 1.54. The summed E-state index contributed by atoms with van der Waals surface area (Å²) in [5.74, 6) is 0. The van der Waals surface area contributed by atoms with E-state index in [1.165, 1.54) is 16.9 Å². The highest BCUT2D eigenvalue weighted by Crippen LogP contribution is 2.13. The molecule has 0 aliphatic heterocycles. The van der Waals surface area contributed by atoms with Crippen molar-refractivity contribution in [3.8, 4) is 0 Å². The molecule has 2 unspecified atom stereocenters. The summed E-state index contributed by atoms with van der Waals surface area (Å²) in [6.45, 7) is 0.171. The second-order valence-electron chi connectivity index (χ2n) is 6.77. The number of aliphatic hydroxyl groups excluding tert-OH is 1. The van der Waals surface area contributed by atoms with Crippen LogP contribution >= 0.6 is 11.3 Å². The summed E-state index contributed by atoms with van der Waals surface area (Å²) in [5.41, 5.74) is 3.93. The number of hydrogen-bond acceptors (Lipinski definition) is 5. The Hall–Kier alpha value is -2.70. The minimum Gasteiger partial charge on any atom is -0.444 e. The summed E-state index contributed by atoms with van der Waals surface area (Å²) in [7, 11) is 0. The van der Waals surface area contributed by atoms with Gasteiger partial charge in [-0.2, -0.15) is 0 Å². The Morgan fingerprint density at radius 2 is 1.79 bits per heavy atom. The van der Waals surface area contributed by atoms with Gasteiger partial charge in [0.15, 0.2) is 0 Å². The van der Waals surface area contributed by atoms with E-state index >= 15 is 0 Å². The highest BCUT2D eigenvalue weighted by molar-refractivity contribution is 7.09. The van der Waals surface area contributed by atoms with Crippen LogP contribution in [0.1, 0.15) is 22.4 Å². The number of nitrogens with one attached hydrogen (secondary N) is 1. The van der Waals surface area contributed by atoms with E-state index in [0.29, 0.717) is 12.8 Å². The lowest BCUT2D eigenvalue weighted by atomic mass is 9.96. The first kappa shape index (κ1) is 21.0. The molecule has 2 aromatic carbocycles. The zero-order valence-electron chi connectivity index (χ0n) is 16.1. The summed E-state index contributed by atoms with van der Waals surface area (Å²) in [6, 6.07) is 19.4. The van der Waals surface area contributed by atoms with Gasteiger partial charge in [0, 0.05) is 6.20 Å². The maximum Gasteiger partial charge on any atom is 0.407 e. The molecule has 5 nitrogen and oxygen atoms in total. The minimum atomic E-state index is -0.713. The number of thiazole rings is 1. The second kappa shape index (κ2) is 11.3. The number of hydrogen-bond donors (Lipinski definition) is 2. The van der Waals surface area contributed by atoms with Crippen molar-refractivity contribution < 1.29 is 14.6 Å². The molecule has 6 heteroatoms. The molecule has 1 amide bonds. The molecule has 2 N–H and O–H groups in total. The number of aromatic nitrogens is 1. The molecule has 3 rings (SSSR count). The average Bonchev–Trinajstić information content (AvgIpc) is 3.27. The van der Waals surface area contributed by atoms with Gasteiger partial charge in [-0.1, -0.05) is 60.7 Å². The maximum atomic E-state index is 12.3. The summed E-state index contributed by atoms with van der Waals surface area (Å²) in [5, 5.41) is 13.6. The molecule has 2 atom stereocenters. The number of aliphatic hydroxyl groups is 1. The standard InChI is InChI=1S/C23H25N2O3S/c26-22(13-7-12-18-8-3-1-4-9-18)21(14-19-10-5-2-6-11-19)25-23(27)28-16-20-15-24-17-29-20/h1-11,15,17,21-22,26H,12-14,16H2,(H,25,27). The fraction of sp³-hybridized carbons (Fsp3) is 0.261. The van der Waals surface area contributed by atoms with Crippen LogP contribution in [0, 0.1) is 6.42 Å². The van der Waals surface area contributed by atoms with Crippen molar-refractivity contribution in [1.82, 2.24) is 10.3 Å². The number of carbonyl (C=O) groups is 1. The van der Waals surface area contributed by atoms with E-state index in [-0.39, 0.29) is 6.61 Å². The molecule has 0 spiro atoms. The van der Waals surface area contributed by atoms with Gasteiger partial charge in [0.1, 0.15) is 6.61 Å². The lowest BCUT2D eigenvalue weighted by Gasteiger charge is -2.24. The molecule has 0 saturated carbocycles. The Bertz CT molecular complexity index is 841. The zero-order valence-corrected chi connectivity index (χ0v) is 16.9. The normalized spacial score (nSPS) is 12.9. The molecule has 1 aromatic heterocycles. The van der Waals surface area contributed by atoms with E-state index in [1.54, 1.807) is 11.7 Å². The Morgan fingerprint density at radius 3 is 2.45 bits per heavy atom. The molecule has 29 heavy (non-hydrogen) atoms. The van der Waals surface area contributed by atoms with Crippen LogP contribution < -0.4 is 5.32 Å². The van der Waals surface area contributed by atoms with E-state index in [2.05, 4.69) is 22.4 Å². The van der Waals surface area contributed by atoms with Gasteiger partial charge in [0.05, 0.1) is 22.5 Å². The summed E-state index contributed by atoms with van der Waals surface area (Å²) in [6.07, 6.45) is 4.23. The van der Waals surface area contributed by atoms with Crippen LogP contribution in [0.25, 0.3) is 0 Å². The Morgan fingerprint density at radius 1 is 1.10 bits per heavy atom. The third-order valence-electron chi connectivity index (χ3n) is 4.53. The number of amides is 1. The van der Waals surface area contributed by atoms with Gasteiger partial charge < -0.3 is 15.2 Å². The van der Waals surface area contributed by atoms with Crippen molar-refractivity contribution >= 4 is 17.4 Å². The molecule has 0 aliphatic rings. The molecule has 1 heterocycles. The van der Waals surface area contributed by atoms with Crippen molar-refractivity contribution in [1.29, 1.82) is 0 Å². The Labute approximate surface area is 175 Å². The van der Waals surface area contributed by atoms with Crippen molar-refractivity contribution in [2.75, 3.05) is 0 Å². The second-order valence-corrected chi connectivity index (χ2v) is 7.74. The largest absolute Gasteiger partial charge is 0.444 e. The van der Waals surface area contributed by atoms with Crippen LogP contribution in [-0.2, 0) is 24.2 Å². The predicted molar refractivity (Wildman–Crippen MR) is 114 cm³/mol. The first-order chi connectivity index (χ1) is 14.2. The summed E-state index contributed by atoms with van der Waals surface area (Å²) < 4.78 is 5.28. The molecular weight excluding hydrogens is 384 g/mol. The first-order valence-electron chi connectivity index (χ1n) is 9.59. The van der Waals surface area contributed by atoms with Crippen LogP contribution in [0.4, 0.5) is 4.79 Å². The van der Waals surface area contributed by atoms with Gasteiger partial charge in [0.25, 0.3) is 0 Å². The smallest absolute Gasteiger partial charge is 0.407 e. The van der Waals surface area contributed by atoms with E-state index in [9.17, 15) is 9.90 Å². The number of carbonyl (C=O) groups excluding carboxylic acids is 1. The van der Waals surface area contributed by atoms with Gasteiger partial charge in [0.2, 0.25) is 0 Å². The average molecular weight is 410 g/mol. The van der Waals surface area contributed by atoms with E-state index in [0.717, 1.165) is 16.9 Å². The van der Waals surface area contributed by atoms with Crippen molar-refractivity contribution in [3.05, 3.63) is 94.8 Å². The summed E-state index contributed by atoms with van der Waals surface area (Å²) in [4.78, 5) is 17.1. The number of ether oxygens (including phenoxy) is 1. The third kappa shape index (κ3) is 7.33. The molecule has 151 valence electrons. The molecule has 0 fully saturated rings. The van der Waals surface area contributed by atoms with Crippen LogP contribution in [0.15, 0.2) is 72.4 Å². The van der Waals surface area contributed by atoms with Crippen LogP contribution in [0.3, 0.4) is 0 Å². The molecule has 0 saturated heterocycles. The minimum absolute atomic E-state index is 0.171. The number of benzene rings is 2. The number of rotatable bonds is 10. The zero-order chi connectivity index (χ0) is 20.3. The molecular formula is C23H25N2O3S. The van der Waals surface area contributed by atoms with Gasteiger partial charge >= 0.3 is 6.09 Å². The highest BCUT2D eigenvalue weighted by Gasteiger charge is 2.22. The van der Waals surface area contributed by atoms with E-state index in [4.69, 9.17) is 4.74 Å². The SMILES string of the molecule is O=C(NC(Cc1ccccc1)C(O)C[CH]Cc1ccccc1)OCc1cncs1. The lowest BCUT2D eigenvalue weighted by molar-refractivity contribution is 0.101. The van der Waals surface area contributed by atoms with Crippen molar-refractivity contribution in [2.24, 2.45) is 0 Å². The van der Waals surface area contributed by atoms with Gasteiger partial charge in [-0.15, -0.1) is 11.3 Å². The predicted octanol–water partition coefficient (Wildman–Crippen LogP) is 4.18. The van der Waals surface area contributed by atoms with Gasteiger partial charge in [-0.3, -0.25) is 4.98 Å². The Kier molecular flexibility index (Phi) is 8.22. The van der Waals surface area contributed by atoms with Crippen molar-refractivity contribution in [2.45, 2.75) is 38.0 Å². The topological polar surface area (TPSA) is 71.5 Å². The van der Waals surface area contributed by atoms with Crippen LogP contribution in [0.5, 0.6) is 0 Å². The quantitative estimate of drug-likeness (QED) is 0.527. The molecule has 3 aromatic rings. The van der Waals surface area contributed by atoms with Gasteiger partial charge in [-0.25, -0.2) is 4.79 Å². The van der Waals surface area contributed by atoms with Crippen LogP contribution in [0.2, 0.25) is 0 Å². The summed E-state index contributed by atoms with van der Waals surface area (Å²) >= 11 is 1.43. The fourth-order valence-electron chi connectivity index (χ4n) is 2.99. The molecule has 0 aliphatic carbocycles. The fourth-order valence-corrected chi connectivity index (χ4v) is 3.50. The lowest BCUT2D eigenvalue weighted by Crippen LogP contribution is -2.45. The van der Waals surface area contributed by atoms with Crippen molar-refractivity contribution in [3.63, 3.8) is 0 Å². The number of nitrogens with zero attached hydrogens (tertiary/aromatic N) is 1. The maximum absolute atomic E-state index is 12.3. The first-order valence-corrected chi connectivity index (χ1v) is 10.5. The molecule has 0 bridgehead atoms. The van der Waals surface area contributed by atoms with Crippen LogP contribution in [-0.4, -0.2) is 28.3 Å². The number of alkyl carbamates (subject to hydrolysis) is 1. The van der Waals surface area contributed by atoms with E-state index in [1.807, 2.05) is 55.0 Å². The monoisotopic (exact) mass is 409 g/mol. The molecule has 1 radical (unpaired) electrons.